The molecule has 4 rings (SSSR count). The van der Waals surface area contributed by atoms with E-state index in [0.29, 0.717) is 18.1 Å². The maximum atomic E-state index is 12.7. The molecule has 0 aliphatic carbocycles. The molecule has 1 N–H and O–H groups in total. The van der Waals surface area contributed by atoms with E-state index in [1.165, 1.54) is 0 Å². The smallest absolute Gasteiger partial charge is 0.276 e. The van der Waals surface area contributed by atoms with Crippen LogP contribution in [-0.2, 0) is 11.3 Å². The predicted molar refractivity (Wildman–Crippen MR) is 117 cm³/mol. The topological polar surface area (TPSA) is 70.3 Å². The minimum absolute atomic E-state index is 0.265. The summed E-state index contributed by atoms with van der Waals surface area (Å²) in [7, 11) is 3.31. The second-order valence-electron chi connectivity index (χ2n) is 7.05. The lowest BCUT2D eigenvalue weighted by atomic mass is 10.2. The Kier molecular flexibility index (Phi) is 5.54. The molecular formula is C23H24N4O3. The number of rotatable bonds is 7. The Morgan fingerprint density at radius 3 is 2.73 bits per heavy atom. The summed E-state index contributed by atoms with van der Waals surface area (Å²) in [5.41, 5.74) is 4.02. The normalized spacial score (nSPS) is 11.0. The number of hydrogen-bond acceptors (Lipinski definition) is 4. The Balaban J connectivity index is 1.53. The molecule has 0 spiro atoms. The van der Waals surface area contributed by atoms with Gasteiger partial charge in [-0.05, 0) is 55.0 Å². The molecule has 30 heavy (non-hydrogen) atoms. The number of aromatic nitrogens is 3. The van der Waals surface area contributed by atoms with E-state index in [4.69, 9.17) is 9.47 Å². The first-order valence-electron chi connectivity index (χ1n) is 9.69. The van der Waals surface area contributed by atoms with E-state index in [9.17, 15) is 4.79 Å². The number of ether oxygens (including phenoxy) is 2. The van der Waals surface area contributed by atoms with Gasteiger partial charge in [0.15, 0.2) is 5.69 Å². The fourth-order valence-corrected chi connectivity index (χ4v) is 3.42. The summed E-state index contributed by atoms with van der Waals surface area (Å²) in [6.45, 7) is 3.43. The third-order valence-electron chi connectivity index (χ3n) is 4.97. The molecule has 4 aromatic rings. The summed E-state index contributed by atoms with van der Waals surface area (Å²) in [5, 5.41) is 8.42. The van der Waals surface area contributed by atoms with Crippen molar-refractivity contribution in [2.24, 2.45) is 0 Å². The number of nitrogens with one attached hydrogen (secondary N) is 1. The molecule has 2 aromatic heterocycles. The lowest BCUT2D eigenvalue weighted by Crippen LogP contribution is -2.13. The Bertz CT molecular complexity index is 1190. The van der Waals surface area contributed by atoms with Crippen LogP contribution in [0.25, 0.3) is 16.6 Å². The first-order chi connectivity index (χ1) is 14.6. The number of hydrogen-bond donors (Lipinski definition) is 1. The van der Waals surface area contributed by atoms with Crippen LogP contribution in [0, 0.1) is 6.92 Å². The summed E-state index contributed by atoms with van der Waals surface area (Å²) in [5.74, 6) is 0.428. The first kappa shape index (κ1) is 19.7. The Hall–Kier alpha value is -3.58. The molecule has 0 saturated carbocycles. The van der Waals surface area contributed by atoms with Crippen LogP contribution in [0.2, 0.25) is 0 Å². The van der Waals surface area contributed by atoms with Gasteiger partial charge in [0.25, 0.3) is 5.91 Å². The van der Waals surface area contributed by atoms with Crippen molar-refractivity contribution in [1.29, 1.82) is 0 Å². The zero-order valence-electron chi connectivity index (χ0n) is 17.3. The van der Waals surface area contributed by atoms with Gasteiger partial charge in [-0.2, -0.15) is 5.10 Å². The molecule has 1 amide bonds. The molecule has 7 heteroatoms. The molecule has 2 heterocycles. The highest BCUT2D eigenvalue weighted by molar-refractivity contribution is 6.03. The van der Waals surface area contributed by atoms with Crippen LogP contribution in [0.1, 0.15) is 16.1 Å². The molecule has 7 nitrogen and oxygen atoms in total. The summed E-state index contributed by atoms with van der Waals surface area (Å²) in [4.78, 5) is 12.7. The maximum Gasteiger partial charge on any atom is 0.276 e. The van der Waals surface area contributed by atoms with Gasteiger partial charge >= 0.3 is 0 Å². The standard InChI is InChI=1S/C23H24N4O3/c1-16-4-7-22(30-3)21(14-16)27-11-9-19(25-27)23(28)24-18-5-6-20-17(15-18)8-10-26(20)12-13-29-2/h4-11,14-15H,12-13H2,1-3H3,(H,24,28). The number of nitrogens with zero attached hydrogens (tertiary/aromatic N) is 3. The van der Waals surface area contributed by atoms with Crippen molar-refractivity contribution < 1.29 is 14.3 Å². The number of benzene rings is 2. The molecular weight excluding hydrogens is 380 g/mol. The fraction of sp³-hybridized carbons (Fsp3) is 0.217. The molecule has 2 aromatic carbocycles. The first-order valence-corrected chi connectivity index (χ1v) is 9.69. The maximum absolute atomic E-state index is 12.7. The summed E-state index contributed by atoms with van der Waals surface area (Å²) in [6.07, 6.45) is 3.78. The van der Waals surface area contributed by atoms with Crippen molar-refractivity contribution in [2.45, 2.75) is 13.5 Å². The average molecular weight is 404 g/mol. The van der Waals surface area contributed by atoms with E-state index >= 15 is 0 Å². The van der Waals surface area contributed by atoms with Crippen molar-refractivity contribution in [2.75, 3.05) is 26.1 Å². The summed E-state index contributed by atoms with van der Waals surface area (Å²) < 4.78 is 14.3. The number of aryl methyl sites for hydroxylation is 1. The molecule has 0 atom stereocenters. The molecule has 0 bridgehead atoms. The van der Waals surface area contributed by atoms with Gasteiger partial charge in [-0.3, -0.25) is 4.79 Å². The monoisotopic (exact) mass is 404 g/mol. The number of methoxy groups -OCH3 is 2. The van der Waals surface area contributed by atoms with E-state index in [-0.39, 0.29) is 5.91 Å². The number of fused-ring (bicyclic) bond motifs is 1. The van der Waals surface area contributed by atoms with Crippen LogP contribution in [0.3, 0.4) is 0 Å². The van der Waals surface area contributed by atoms with E-state index in [2.05, 4.69) is 15.0 Å². The van der Waals surface area contributed by atoms with Crippen LogP contribution >= 0.6 is 0 Å². The molecule has 0 aliphatic rings. The van der Waals surface area contributed by atoms with Gasteiger partial charge < -0.3 is 19.4 Å². The third kappa shape index (κ3) is 3.92. The fourth-order valence-electron chi connectivity index (χ4n) is 3.42. The van der Waals surface area contributed by atoms with E-state index in [0.717, 1.165) is 34.4 Å². The van der Waals surface area contributed by atoms with Gasteiger partial charge in [-0.15, -0.1) is 0 Å². The van der Waals surface area contributed by atoms with Crippen LogP contribution in [0.4, 0.5) is 5.69 Å². The van der Waals surface area contributed by atoms with Gasteiger partial charge in [-0.25, -0.2) is 4.68 Å². The van der Waals surface area contributed by atoms with E-state index in [1.807, 2.05) is 55.6 Å². The quantitative estimate of drug-likeness (QED) is 0.505. The zero-order valence-corrected chi connectivity index (χ0v) is 17.3. The van der Waals surface area contributed by atoms with Crippen LogP contribution in [-0.4, -0.2) is 41.1 Å². The number of carbonyl (C=O) groups is 1. The highest BCUT2D eigenvalue weighted by atomic mass is 16.5. The van der Waals surface area contributed by atoms with Crippen molar-refractivity contribution in [1.82, 2.24) is 14.3 Å². The molecule has 0 aliphatic heterocycles. The van der Waals surface area contributed by atoms with Gasteiger partial charge in [0, 0.05) is 42.6 Å². The SMILES string of the molecule is COCCn1ccc2cc(NC(=O)c3ccn(-c4cc(C)ccc4OC)n3)ccc21. The van der Waals surface area contributed by atoms with Gasteiger partial charge in [0.2, 0.25) is 0 Å². The van der Waals surface area contributed by atoms with Gasteiger partial charge in [0.1, 0.15) is 11.4 Å². The Morgan fingerprint density at radius 1 is 1.07 bits per heavy atom. The average Bonchev–Trinajstić information content (AvgIpc) is 3.39. The lowest BCUT2D eigenvalue weighted by molar-refractivity contribution is 0.102. The molecule has 0 fully saturated rings. The zero-order chi connectivity index (χ0) is 21.1. The largest absolute Gasteiger partial charge is 0.494 e. The van der Waals surface area contributed by atoms with E-state index < -0.39 is 0 Å². The second-order valence-corrected chi connectivity index (χ2v) is 7.05. The molecule has 0 radical (unpaired) electrons. The Labute approximate surface area is 174 Å². The Morgan fingerprint density at radius 2 is 1.93 bits per heavy atom. The van der Waals surface area contributed by atoms with Crippen LogP contribution < -0.4 is 10.1 Å². The number of anilines is 1. The molecule has 0 saturated heterocycles. The van der Waals surface area contributed by atoms with Crippen molar-refractivity contribution in [3.05, 3.63) is 72.2 Å². The van der Waals surface area contributed by atoms with Gasteiger partial charge in [0.05, 0.1) is 13.7 Å². The van der Waals surface area contributed by atoms with Gasteiger partial charge in [-0.1, -0.05) is 6.07 Å². The van der Waals surface area contributed by atoms with Crippen molar-refractivity contribution >= 4 is 22.5 Å². The van der Waals surface area contributed by atoms with Crippen LogP contribution in [0.5, 0.6) is 5.75 Å². The minimum atomic E-state index is -0.265. The van der Waals surface area contributed by atoms with Crippen molar-refractivity contribution in [3.8, 4) is 11.4 Å². The second kappa shape index (κ2) is 8.42. The highest BCUT2D eigenvalue weighted by Crippen LogP contribution is 2.24. The lowest BCUT2D eigenvalue weighted by Gasteiger charge is -2.09. The van der Waals surface area contributed by atoms with Crippen LogP contribution in [0.15, 0.2) is 60.9 Å². The third-order valence-corrected chi connectivity index (χ3v) is 4.97. The molecule has 154 valence electrons. The number of carbonyl (C=O) groups excluding carboxylic acids is 1. The van der Waals surface area contributed by atoms with E-state index in [1.54, 1.807) is 31.2 Å². The molecule has 0 unspecified atom stereocenters. The highest BCUT2D eigenvalue weighted by Gasteiger charge is 2.13. The summed E-state index contributed by atoms with van der Waals surface area (Å²) >= 11 is 0. The minimum Gasteiger partial charge on any atom is -0.494 e. The number of amides is 1. The predicted octanol–water partition coefficient (Wildman–Crippen LogP) is 4.04. The summed E-state index contributed by atoms with van der Waals surface area (Å²) in [6, 6.07) is 15.4. The van der Waals surface area contributed by atoms with Crippen molar-refractivity contribution in [3.63, 3.8) is 0 Å².